The Morgan fingerprint density at radius 3 is 1.90 bits per heavy atom. The summed E-state index contributed by atoms with van der Waals surface area (Å²) >= 11 is 0. The van der Waals surface area contributed by atoms with E-state index in [9.17, 15) is 0 Å². The van der Waals surface area contributed by atoms with Crippen molar-refractivity contribution in [1.29, 1.82) is 5.26 Å². The van der Waals surface area contributed by atoms with E-state index in [-0.39, 0.29) is 0 Å². The van der Waals surface area contributed by atoms with E-state index in [1.807, 2.05) is 6.07 Å². The molecule has 8 nitrogen and oxygen atoms in total. The van der Waals surface area contributed by atoms with Crippen molar-refractivity contribution in [2.45, 2.75) is 12.8 Å². The van der Waals surface area contributed by atoms with E-state index in [1.54, 1.807) is 24.3 Å². The van der Waals surface area contributed by atoms with Gasteiger partial charge in [-0.1, -0.05) is 0 Å². The maximum atomic E-state index is 8.77. The van der Waals surface area contributed by atoms with Crippen LogP contribution in [0.2, 0.25) is 0 Å². The summed E-state index contributed by atoms with van der Waals surface area (Å²) in [6.07, 6.45) is 4.97. The molecule has 156 valence electrons. The lowest BCUT2D eigenvalue weighted by molar-refractivity contribution is 0.120. The molecule has 0 saturated carbocycles. The summed E-state index contributed by atoms with van der Waals surface area (Å²) in [5.41, 5.74) is 1.07. The van der Waals surface area contributed by atoms with Gasteiger partial charge in [-0.3, -0.25) is 0 Å². The third kappa shape index (κ3) is 7.00. The third-order valence-corrected chi connectivity index (χ3v) is 4.92. The number of hydrogen-bond donors (Lipinski definition) is 0. The Bertz CT molecular complexity index is 776. The predicted octanol–water partition coefficient (Wildman–Crippen LogP) is 2.75. The Hall–Kier alpha value is -3.20. The Kier molecular flexibility index (Phi) is 8.40. The molecule has 0 amide bonds. The maximum Gasteiger partial charge on any atom is 0.213 e. The standard InChI is InChI=1S/C22H26N6O2/c1-24-20-5-7-22(26-18-20)30-15-3-9-28-12-10-27(11-13-28)8-2-14-29-21-6-4-19(16-23)17-25-21/h4-7,17-18H,2-3,8-15H2. The number of rotatable bonds is 10. The van der Waals surface area contributed by atoms with Gasteiger partial charge in [0.2, 0.25) is 17.4 Å². The summed E-state index contributed by atoms with van der Waals surface area (Å²) < 4.78 is 11.3. The maximum absolute atomic E-state index is 8.77. The van der Waals surface area contributed by atoms with Crippen LogP contribution in [0.4, 0.5) is 5.69 Å². The molecule has 1 aliphatic heterocycles. The summed E-state index contributed by atoms with van der Waals surface area (Å²) in [4.78, 5) is 16.5. The molecule has 30 heavy (non-hydrogen) atoms. The fourth-order valence-electron chi connectivity index (χ4n) is 3.22. The van der Waals surface area contributed by atoms with Crippen LogP contribution in [-0.4, -0.2) is 72.3 Å². The van der Waals surface area contributed by atoms with E-state index >= 15 is 0 Å². The van der Waals surface area contributed by atoms with Crippen molar-refractivity contribution >= 4 is 5.69 Å². The Labute approximate surface area is 177 Å². The zero-order valence-corrected chi connectivity index (χ0v) is 17.0. The van der Waals surface area contributed by atoms with E-state index in [0.29, 0.717) is 36.2 Å². The van der Waals surface area contributed by atoms with Crippen LogP contribution in [0, 0.1) is 17.9 Å². The first-order valence-electron chi connectivity index (χ1n) is 10.2. The molecule has 0 N–H and O–H groups in total. The van der Waals surface area contributed by atoms with Gasteiger partial charge >= 0.3 is 0 Å². The van der Waals surface area contributed by atoms with Crippen LogP contribution in [-0.2, 0) is 0 Å². The first kappa shape index (κ1) is 21.5. The molecule has 0 aliphatic carbocycles. The first-order valence-corrected chi connectivity index (χ1v) is 10.2. The van der Waals surface area contributed by atoms with Crippen molar-refractivity contribution in [3.63, 3.8) is 0 Å². The highest BCUT2D eigenvalue weighted by Crippen LogP contribution is 2.14. The molecule has 0 aromatic carbocycles. The molecular weight excluding hydrogens is 380 g/mol. The smallest absolute Gasteiger partial charge is 0.213 e. The largest absolute Gasteiger partial charge is 0.478 e. The number of nitriles is 1. The van der Waals surface area contributed by atoms with E-state index in [4.69, 9.17) is 21.3 Å². The third-order valence-electron chi connectivity index (χ3n) is 4.92. The van der Waals surface area contributed by atoms with Crippen LogP contribution in [0.5, 0.6) is 11.8 Å². The highest BCUT2D eigenvalue weighted by molar-refractivity contribution is 5.42. The van der Waals surface area contributed by atoms with Gasteiger partial charge in [-0.25, -0.2) is 14.8 Å². The molecule has 0 bridgehead atoms. The molecule has 8 heteroatoms. The number of ether oxygens (including phenoxy) is 2. The number of nitrogens with zero attached hydrogens (tertiary/aromatic N) is 6. The molecule has 2 aromatic rings. The predicted molar refractivity (Wildman–Crippen MR) is 113 cm³/mol. The van der Waals surface area contributed by atoms with Crippen molar-refractivity contribution in [3.8, 4) is 17.8 Å². The minimum absolute atomic E-state index is 0.526. The molecule has 3 heterocycles. The van der Waals surface area contributed by atoms with E-state index in [1.165, 1.54) is 12.4 Å². The van der Waals surface area contributed by atoms with Gasteiger partial charge < -0.3 is 19.3 Å². The van der Waals surface area contributed by atoms with Crippen molar-refractivity contribution in [3.05, 3.63) is 53.6 Å². The average Bonchev–Trinajstić information content (AvgIpc) is 2.81. The van der Waals surface area contributed by atoms with Crippen LogP contribution in [0.25, 0.3) is 4.85 Å². The second-order valence-electron chi connectivity index (χ2n) is 7.05. The Morgan fingerprint density at radius 1 is 0.900 bits per heavy atom. The molecular formula is C22H26N6O2. The molecule has 0 atom stereocenters. The van der Waals surface area contributed by atoms with E-state index in [2.05, 4.69) is 24.6 Å². The van der Waals surface area contributed by atoms with Crippen molar-refractivity contribution < 1.29 is 9.47 Å². The molecule has 1 aliphatic rings. The summed E-state index contributed by atoms with van der Waals surface area (Å²) in [6.45, 7) is 14.5. The second-order valence-corrected chi connectivity index (χ2v) is 7.05. The molecule has 0 spiro atoms. The Morgan fingerprint density at radius 2 is 1.47 bits per heavy atom. The number of piperazine rings is 1. The number of hydrogen-bond acceptors (Lipinski definition) is 7. The topological polar surface area (TPSA) is 78.9 Å². The van der Waals surface area contributed by atoms with Crippen LogP contribution in [0.3, 0.4) is 0 Å². The van der Waals surface area contributed by atoms with Crippen LogP contribution >= 0.6 is 0 Å². The lowest BCUT2D eigenvalue weighted by Crippen LogP contribution is -2.47. The summed E-state index contributed by atoms with van der Waals surface area (Å²) in [5, 5.41) is 8.77. The van der Waals surface area contributed by atoms with Gasteiger partial charge in [0.05, 0.1) is 25.3 Å². The van der Waals surface area contributed by atoms with Crippen LogP contribution < -0.4 is 9.47 Å². The number of aromatic nitrogens is 2. The van der Waals surface area contributed by atoms with E-state index in [0.717, 1.165) is 52.1 Å². The van der Waals surface area contributed by atoms with Crippen molar-refractivity contribution in [2.24, 2.45) is 0 Å². The summed E-state index contributed by atoms with van der Waals surface area (Å²) in [5.74, 6) is 1.14. The normalized spacial score (nSPS) is 14.6. The van der Waals surface area contributed by atoms with Gasteiger partial charge in [0.25, 0.3) is 0 Å². The molecule has 0 radical (unpaired) electrons. The SMILES string of the molecule is [C-]#[N+]c1ccc(OCCCN2CCN(CCCOc3ccc(C#N)cn3)CC2)nc1. The monoisotopic (exact) mass is 406 g/mol. The van der Waals surface area contributed by atoms with Crippen LogP contribution in [0.1, 0.15) is 18.4 Å². The van der Waals surface area contributed by atoms with Gasteiger partial charge in [0, 0.05) is 57.7 Å². The summed E-state index contributed by atoms with van der Waals surface area (Å²) in [6, 6.07) is 8.97. The molecule has 0 unspecified atom stereocenters. The molecule has 1 fully saturated rings. The number of pyridine rings is 2. The zero-order valence-electron chi connectivity index (χ0n) is 17.0. The summed E-state index contributed by atoms with van der Waals surface area (Å²) in [7, 11) is 0. The lowest BCUT2D eigenvalue weighted by Gasteiger charge is -2.34. The fourth-order valence-corrected chi connectivity index (χ4v) is 3.22. The van der Waals surface area contributed by atoms with Crippen molar-refractivity contribution in [1.82, 2.24) is 19.8 Å². The molecule has 1 saturated heterocycles. The zero-order chi connectivity index (χ0) is 21.0. The van der Waals surface area contributed by atoms with Crippen LogP contribution in [0.15, 0.2) is 36.7 Å². The quantitative estimate of drug-likeness (QED) is 0.443. The lowest BCUT2D eigenvalue weighted by atomic mass is 10.2. The highest BCUT2D eigenvalue weighted by Gasteiger charge is 2.16. The molecule has 2 aromatic heterocycles. The average molecular weight is 406 g/mol. The highest BCUT2D eigenvalue weighted by atomic mass is 16.5. The van der Waals surface area contributed by atoms with Gasteiger partial charge in [-0.05, 0) is 31.0 Å². The van der Waals surface area contributed by atoms with Gasteiger partial charge in [0.1, 0.15) is 6.07 Å². The second kappa shape index (κ2) is 11.7. The molecule has 3 rings (SSSR count). The minimum atomic E-state index is 0.526. The fraction of sp³-hybridized carbons (Fsp3) is 0.455. The first-order chi connectivity index (χ1) is 14.8. The van der Waals surface area contributed by atoms with E-state index < -0.39 is 0 Å². The van der Waals surface area contributed by atoms with Gasteiger partial charge in [0.15, 0.2) is 0 Å². The minimum Gasteiger partial charge on any atom is -0.478 e. The van der Waals surface area contributed by atoms with Crippen molar-refractivity contribution in [2.75, 3.05) is 52.5 Å². The van der Waals surface area contributed by atoms with Gasteiger partial charge in [-0.15, -0.1) is 0 Å². The Balaban J connectivity index is 1.22. The van der Waals surface area contributed by atoms with Gasteiger partial charge in [-0.2, -0.15) is 5.26 Å².